The van der Waals surface area contributed by atoms with Crippen LogP contribution in [-0.4, -0.2) is 22.5 Å². The van der Waals surface area contributed by atoms with E-state index in [1.807, 2.05) is 5.01 Å². The van der Waals surface area contributed by atoms with E-state index >= 15 is 0 Å². The van der Waals surface area contributed by atoms with Gasteiger partial charge in [0.15, 0.2) is 0 Å². The molecule has 75 valence electrons. The summed E-state index contributed by atoms with van der Waals surface area (Å²) in [6.45, 7) is 8.60. The van der Waals surface area contributed by atoms with Gasteiger partial charge in [-0.15, -0.1) is 0 Å². The van der Waals surface area contributed by atoms with Gasteiger partial charge in [0.2, 0.25) is 0 Å². The molecule has 0 aromatic rings. The first-order chi connectivity index (χ1) is 5.90. The Bertz CT molecular complexity index is 183. The smallest absolute Gasteiger partial charge is 0.279 e. The number of carbonyl (C=O) groups excluding carboxylic acids is 1. The highest BCUT2D eigenvalue weighted by Crippen LogP contribution is 2.35. The largest absolute Gasteiger partial charge is 0.324 e. The molecule has 3 nitrogen and oxygen atoms in total. The summed E-state index contributed by atoms with van der Waals surface area (Å²) in [4.78, 5) is 10.4. The molecule has 0 aromatic heterocycles. The Hall–Kier alpha value is -0.570. The molecule has 1 saturated heterocycles. The van der Waals surface area contributed by atoms with Crippen molar-refractivity contribution in [1.82, 2.24) is 10.4 Å². The SMILES string of the molecule is CC1(C)CCCC(C)(C)N1N[C]=O. The lowest BCUT2D eigenvalue weighted by molar-refractivity contribution is -0.0513. The minimum atomic E-state index is 0.0408. The third-order valence-electron chi connectivity index (χ3n) is 2.95. The summed E-state index contributed by atoms with van der Waals surface area (Å²) in [7, 11) is 0. The van der Waals surface area contributed by atoms with Gasteiger partial charge >= 0.3 is 6.41 Å². The molecule has 13 heavy (non-hydrogen) atoms. The Morgan fingerprint density at radius 3 is 2.00 bits per heavy atom. The molecule has 1 fully saturated rings. The monoisotopic (exact) mass is 183 g/mol. The fourth-order valence-corrected chi connectivity index (χ4v) is 2.34. The summed E-state index contributed by atoms with van der Waals surface area (Å²) in [6.07, 6.45) is 5.23. The van der Waals surface area contributed by atoms with Gasteiger partial charge in [0.1, 0.15) is 0 Å². The van der Waals surface area contributed by atoms with Crippen molar-refractivity contribution in [1.29, 1.82) is 0 Å². The summed E-state index contributed by atoms with van der Waals surface area (Å²) in [5.41, 5.74) is 2.77. The lowest BCUT2D eigenvalue weighted by Gasteiger charge is -2.51. The van der Waals surface area contributed by atoms with Gasteiger partial charge in [-0.25, -0.2) is 5.01 Å². The lowest BCUT2D eigenvalue weighted by Crippen LogP contribution is -2.63. The van der Waals surface area contributed by atoms with Crippen LogP contribution in [0.25, 0.3) is 0 Å². The van der Waals surface area contributed by atoms with Crippen molar-refractivity contribution >= 4 is 6.41 Å². The molecule has 0 unspecified atom stereocenters. The summed E-state index contributed by atoms with van der Waals surface area (Å²) in [5.74, 6) is 0. The molecule has 0 bridgehead atoms. The van der Waals surface area contributed by atoms with Crippen LogP contribution in [0.1, 0.15) is 47.0 Å². The molecule has 1 radical (unpaired) electrons. The van der Waals surface area contributed by atoms with Gasteiger partial charge in [-0.1, -0.05) is 0 Å². The molecule has 0 spiro atoms. The molecular formula is C10H19N2O. The number of hydrogen-bond donors (Lipinski definition) is 1. The molecule has 0 aliphatic carbocycles. The highest BCUT2D eigenvalue weighted by molar-refractivity contribution is 5.46. The maximum absolute atomic E-state index is 10.4. The summed E-state index contributed by atoms with van der Waals surface area (Å²) in [5, 5.41) is 2.02. The number of hydrogen-bond acceptors (Lipinski definition) is 2. The molecule has 1 aliphatic rings. The third kappa shape index (κ3) is 2.02. The van der Waals surface area contributed by atoms with Crippen LogP contribution in [0.2, 0.25) is 0 Å². The molecule has 0 atom stereocenters. The van der Waals surface area contributed by atoms with Crippen LogP contribution in [0.4, 0.5) is 0 Å². The van der Waals surface area contributed by atoms with Crippen molar-refractivity contribution in [2.45, 2.75) is 58.0 Å². The van der Waals surface area contributed by atoms with Crippen LogP contribution in [0, 0.1) is 0 Å². The van der Waals surface area contributed by atoms with Gasteiger partial charge in [0.05, 0.1) is 0 Å². The van der Waals surface area contributed by atoms with Gasteiger partial charge in [0, 0.05) is 11.1 Å². The van der Waals surface area contributed by atoms with Crippen molar-refractivity contribution in [3.8, 4) is 0 Å². The second kappa shape index (κ2) is 3.29. The highest BCUT2D eigenvalue weighted by atomic mass is 16.1. The predicted octanol–water partition coefficient (Wildman–Crippen LogP) is 1.60. The van der Waals surface area contributed by atoms with E-state index in [1.54, 1.807) is 6.41 Å². The van der Waals surface area contributed by atoms with Crippen LogP contribution in [0.5, 0.6) is 0 Å². The van der Waals surface area contributed by atoms with Crippen LogP contribution >= 0.6 is 0 Å². The van der Waals surface area contributed by atoms with Gasteiger partial charge in [-0.3, -0.25) is 10.2 Å². The van der Waals surface area contributed by atoms with Crippen LogP contribution in [0.15, 0.2) is 0 Å². The van der Waals surface area contributed by atoms with Crippen LogP contribution < -0.4 is 5.43 Å². The number of piperidine rings is 1. The molecule has 1 aliphatic heterocycles. The minimum Gasteiger partial charge on any atom is -0.279 e. The average Bonchev–Trinajstić information content (AvgIpc) is 1.96. The molecule has 1 N–H and O–H groups in total. The van der Waals surface area contributed by atoms with Crippen molar-refractivity contribution < 1.29 is 4.79 Å². The average molecular weight is 183 g/mol. The Balaban J connectivity index is 2.83. The van der Waals surface area contributed by atoms with Gasteiger partial charge in [0.25, 0.3) is 0 Å². The summed E-state index contributed by atoms with van der Waals surface area (Å²) >= 11 is 0. The first kappa shape index (κ1) is 10.5. The lowest BCUT2D eigenvalue weighted by atomic mass is 9.82. The van der Waals surface area contributed by atoms with E-state index in [0.29, 0.717) is 0 Å². The maximum atomic E-state index is 10.4. The normalized spacial score (nSPS) is 26.8. The second-order valence-corrected chi connectivity index (χ2v) is 5.03. The third-order valence-corrected chi connectivity index (χ3v) is 2.95. The fraction of sp³-hybridized carbons (Fsp3) is 0.900. The first-order valence-corrected chi connectivity index (χ1v) is 4.83. The number of nitrogens with zero attached hydrogens (tertiary/aromatic N) is 1. The molecule has 0 saturated carbocycles. The molecule has 1 amide bonds. The zero-order valence-electron chi connectivity index (χ0n) is 8.98. The van der Waals surface area contributed by atoms with E-state index in [0.717, 1.165) is 12.8 Å². The van der Waals surface area contributed by atoms with E-state index < -0.39 is 0 Å². The van der Waals surface area contributed by atoms with E-state index in [4.69, 9.17) is 0 Å². The standard InChI is InChI=1S/C10H19N2O/c1-9(2)6-5-7-10(3,4)12(9)11-8-13/h5-7H2,1-4H3,(H,11,13). The van der Waals surface area contributed by atoms with E-state index in [2.05, 4.69) is 33.1 Å². The number of nitrogens with one attached hydrogen (secondary N) is 1. The zero-order valence-corrected chi connectivity index (χ0v) is 8.98. The van der Waals surface area contributed by atoms with E-state index in [9.17, 15) is 4.79 Å². The van der Waals surface area contributed by atoms with Crippen molar-refractivity contribution in [3.63, 3.8) is 0 Å². The van der Waals surface area contributed by atoms with Gasteiger partial charge < -0.3 is 0 Å². The molecule has 1 rings (SSSR count). The van der Waals surface area contributed by atoms with Gasteiger partial charge in [-0.2, -0.15) is 0 Å². The van der Waals surface area contributed by atoms with Crippen LogP contribution in [-0.2, 0) is 4.79 Å². The topological polar surface area (TPSA) is 32.3 Å². The Morgan fingerprint density at radius 1 is 1.15 bits per heavy atom. The van der Waals surface area contributed by atoms with Crippen molar-refractivity contribution in [3.05, 3.63) is 0 Å². The zero-order chi connectivity index (χ0) is 10.1. The molecule has 1 heterocycles. The minimum absolute atomic E-state index is 0.0408. The molecule has 0 aromatic carbocycles. The number of rotatable bonds is 2. The van der Waals surface area contributed by atoms with Crippen LogP contribution in [0.3, 0.4) is 0 Å². The number of hydrazine groups is 1. The maximum Gasteiger partial charge on any atom is 0.324 e. The first-order valence-electron chi connectivity index (χ1n) is 4.83. The highest BCUT2D eigenvalue weighted by Gasteiger charge is 2.41. The number of amides is 1. The Kier molecular flexibility index (Phi) is 2.66. The summed E-state index contributed by atoms with van der Waals surface area (Å²) < 4.78 is 0. The van der Waals surface area contributed by atoms with E-state index in [1.165, 1.54) is 6.42 Å². The van der Waals surface area contributed by atoms with Crippen molar-refractivity contribution in [2.24, 2.45) is 0 Å². The predicted molar refractivity (Wildman–Crippen MR) is 52.7 cm³/mol. The Morgan fingerprint density at radius 2 is 1.62 bits per heavy atom. The summed E-state index contributed by atoms with van der Waals surface area (Å²) in [6, 6.07) is 0. The Labute approximate surface area is 80.5 Å². The second-order valence-electron chi connectivity index (χ2n) is 5.03. The van der Waals surface area contributed by atoms with Crippen molar-refractivity contribution in [2.75, 3.05) is 0 Å². The van der Waals surface area contributed by atoms with E-state index in [-0.39, 0.29) is 11.1 Å². The molecular weight excluding hydrogens is 164 g/mol. The quantitative estimate of drug-likeness (QED) is 0.659. The fourth-order valence-electron chi connectivity index (χ4n) is 2.34. The van der Waals surface area contributed by atoms with Gasteiger partial charge in [-0.05, 0) is 47.0 Å². The molecule has 3 heteroatoms.